The van der Waals surface area contributed by atoms with Crippen LogP contribution in [-0.2, 0) is 9.53 Å². The van der Waals surface area contributed by atoms with E-state index in [0.717, 1.165) is 0 Å². The molecule has 0 heterocycles. The molecule has 16 heavy (non-hydrogen) atoms. The van der Waals surface area contributed by atoms with Crippen LogP contribution in [0.5, 0.6) is 0 Å². The molecule has 0 amide bonds. The molecule has 0 bridgehead atoms. The maximum absolute atomic E-state index is 11.3. The van der Waals surface area contributed by atoms with Gasteiger partial charge in [0.1, 0.15) is 12.1 Å². The first kappa shape index (κ1) is 13.0. The van der Waals surface area contributed by atoms with Crippen molar-refractivity contribution in [2.45, 2.75) is 19.1 Å². The number of rotatable bonds is 4. The summed E-state index contributed by atoms with van der Waals surface area (Å²) in [5, 5.41) is 10.3. The number of hydrogen-bond donors (Lipinski definition) is 2. The van der Waals surface area contributed by atoms with Gasteiger partial charge in [-0.2, -0.15) is 0 Å². The Morgan fingerprint density at radius 3 is 2.88 bits per heavy atom. The molecule has 88 valence electrons. The van der Waals surface area contributed by atoms with Gasteiger partial charge in [-0.3, -0.25) is 4.79 Å². The number of aliphatic hydroxyl groups is 1. The summed E-state index contributed by atoms with van der Waals surface area (Å²) in [6.45, 7) is 1.91. The zero-order chi connectivity index (χ0) is 12.1. The van der Waals surface area contributed by atoms with Gasteiger partial charge in [-0.25, -0.2) is 0 Å². The maximum atomic E-state index is 11.3. The van der Waals surface area contributed by atoms with Gasteiger partial charge < -0.3 is 15.6 Å². The standard InChI is InChI=1S/C11H14ClNO3/c1-2-16-11(15)9(13)10(14)7-4-3-5-8(12)6-7/h3-6,9-10,14H,2,13H2,1H3. The lowest BCUT2D eigenvalue weighted by molar-refractivity contribution is -0.147. The monoisotopic (exact) mass is 243 g/mol. The quantitative estimate of drug-likeness (QED) is 0.781. The molecular weight excluding hydrogens is 230 g/mol. The summed E-state index contributed by atoms with van der Waals surface area (Å²) >= 11 is 5.77. The highest BCUT2D eigenvalue weighted by Gasteiger charge is 2.25. The number of benzene rings is 1. The minimum absolute atomic E-state index is 0.231. The molecule has 0 saturated carbocycles. The first-order valence-corrected chi connectivity index (χ1v) is 5.29. The highest BCUT2D eigenvalue weighted by atomic mass is 35.5. The van der Waals surface area contributed by atoms with Crippen molar-refractivity contribution < 1.29 is 14.6 Å². The number of hydrogen-bond acceptors (Lipinski definition) is 4. The van der Waals surface area contributed by atoms with Gasteiger partial charge in [0, 0.05) is 5.02 Å². The van der Waals surface area contributed by atoms with Crippen molar-refractivity contribution in [3.05, 3.63) is 34.9 Å². The van der Waals surface area contributed by atoms with Gasteiger partial charge in [0.2, 0.25) is 0 Å². The highest BCUT2D eigenvalue weighted by molar-refractivity contribution is 6.30. The molecule has 0 spiro atoms. The second-order valence-electron chi connectivity index (χ2n) is 3.28. The Labute approximate surface area is 99.0 Å². The molecule has 4 nitrogen and oxygen atoms in total. The van der Waals surface area contributed by atoms with E-state index in [9.17, 15) is 9.90 Å². The van der Waals surface area contributed by atoms with Crippen LogP contribution in [-0.4, -0.2) is 23.7 Å². The molecule has 0 fully saturated rings. The van der Waals surface area contributed by atoms with Crippen molar-refractivity contribution in [2.75, 3.05) is 6.61 Å². The summed E-state index contributed by atoms with van der Waals surface area (Å²) in [5.74, 6) is -0.630. The fourth-order valence-corrected chi connectivity index (χ4v) is 1.46. The fourth-order valence-electron chi connectivity index (χ4n) is 1.27. The lowest BCUT2D eigenvalue weighted by Crippen LogP contribution is -2.38. The SMILES string of the molecule is CCOC(=O)C(N)C(O)c1cccc(Cl)c1. The predicted molar refractivity (Wildman–Crippen MR) is 61.0 cm³/mol. The number of esters is 1. The molecule has 0 radical (unpaired) electrons. The first-order valence-electron chi connectivity index (χ1n) is 4.92. The largest absolute Gasteiger partial charge is 0.465 e. The number of nitrogens with two attached hydrogens (primary N) is 1. The van der Waals surface area contributed by atoms with Crippen LogP contribution in [0.3, 0.4) is 0 Å². The van der Waals surface area contributed by atoms with Crippen LogP contribution in [0.2, 0.25) is 5.02 Å². The van der Waals surface area contributed by atoms with Gasteiger partial charge in [0.25, 0.3) is 0 Å². The summed E-state index contributed by atoms with van der Waals surface area (Å²) in [6, 6.07) is 5.46. The summed E-state index contributed by atoms with van der Waals surface area (Å²) in [7, 11) is 0. The fraction of sp³-hybridized carbons (Fsp3) is 0.364. The Kier molecular flexibility index (Phi) is 4.73. The molecule has 0 aliphatic heterocycles. The summed E-state index contributed by atoms with van der Waals surface area (Å²) < 4.78 is 4.72. The number of carbonyl (C=O) groups excluding carboxylic acids is 1. The van der Waals surface area contributed by atoms with Crippen LogP contribution >= 0.6 is 11.6 Å². The van der Waals surface area contributed by atoms with Crippen molar-refractivity contribution >= 4 is 17.6 Å². The van der Waals surface area contributed by atoms with Crippen molar-refractivity contribution in [1.82, 2.24) is 0 Å². The molecule has 0 aliphatic carbocycles. The number of aliphatic hydroxyl groups excluding tert-OH is 1. The molecule has 0 saturated heterocycles. The molecule has 0 aromatic heterocycles. The van der Waals surface area contributed by atoms with Crippen molar-refractivity contribution in [3.8, 4) is 0 Å². The Morgan fingerprint density at radius 2 is 2.31 bits per heavy atom. The molecule has 1 aromatic carbocycles. The zero-order valence-corrected chi connectivity index (χ0v) is 9.65. The van der Waals surface area contributed by atoms with Gasteiger partial charge in [0.15, 0.2) is 0 Å². The molecule has 1 aromatic rings. The van der Waals surface area contributed by atoms with Gasteiger partial charge in [-0.15, -0.1) is 0 Å². The third-order valence-electron chi connectivity index (χ3n) is 2.09. The van der Waals surface area contributed by atoms with E-state index in [-0.39, 0.29) is 6.61 Å². The van der Waals surface area contributed by atoms with Crippen LogP contribution in [0.4, 0.5) is 0 Å². The van der Waals surface area contributed by atoms with Crippen molar-refractivity contribution in [2.24, 2.45) is 5.73 Å². The average Bonchev–Trinajstić information content (AvgIpc) is 2.27. The lowest BCUT2D eigenvalue weighted by atomic mass is 10.0. The Hall–Kier alpha value is -1.10. The molecular formula is C11H14ClNO3. The second-order valence-corrected chi connectivity index (χ2v) is 3.71. The number of halogens is 1. The van der Waals surface area contributed by atoms with E-state index in [1.165, 1.54) is 0 Å². The van der Waals surface area contributed by atoms with E-state index in [1.807, 2.05) is 0 Å². The number of carbonyl (C=O) groups is 1. The Bertz CT molecular complexity index is 370. The van der Waals surface area contributed by atoms with Gasteiger partial charge in [-0.1, -0.05) is 23.7 Å². The molecule has 0 aliphatic rings. The summed E-state index contributed by atoms with van der Waals surface area (Å²) in [4.78, 5) is 11.3. The average molecular weight is 244 g/mol. The topological polar surface area (TPSA) is 72.5 Å². The van der Waals surface area contributed by atoms with E-state index in [0.29, 0.717) is 10.6 Å². The lowest BCUT2D eigenvalue weighted by Gasteiger charge is -2.17. The number of ether oxygens (including phenoxy) is 1. The van der Waals surface area contributed by atoms with E-state index < -0.39 is 18.1 Å². The second kappa shape index (κ2) is 5.84. The van der Waals surface area contributed by atoms with Crippen LogP contribution in [0.1, 0.15) is 18.6 Å². The highest BCUT2D eigenvalue weighted by Crippen LogP contribution is 2.20. The molecule has 5 heteroatoms. The molecule has 3 N–H and O–H groups in total. The van der Waals surface area contributed by atoms with E-state index in [4.69, 9.17) is 22.1 Å². The summed E-state index contributed by atoms with van der Waals surface area (Å²) in [6.07, 6.45) is -1.11. The van der Waals surface area contributed by atoms with Crippen molar-refractivity contribution in [1.29, 1.82) is 0 Å². The summed E-state index contributed by atoms with van der Waals surface area (Å²) in [5.41, 5.74) is 6.05. The van der Waals surface area contributed by atoms with Crippen LogP contribution in [0, 0.1) is 0 Å². The zero-order valence-electron chi connectivity index (χ0n) is 8.89. The maximum Gasteiger partial charge on any atom is 0.325 e. The molecule has 2 unspecified atom stereocenters. The third-order valence-corrected chi connectivity index (χ3v) is 2.32. The van der Waals surface area contributed by atoms with E-state index in [1.54, 1.807) is 31.2 Å². The Balaban J connectivity index is 2.77. The molecule has 2 atom stereocenters. The minimum atomic E-state index is -1.11. The first-order chi connectivity index (χ1) is 7.56. The van der Waals surface area contributed by atoms with E-state index >= 15 is 0 Å². The van der Waals surface area contributed by atoms with Crippen molar-refractivity contribution in [3.63, 3.8) is 0 Å². The smallest absolute Gasteiger partial charge is 0.325 e. The van der Waals surface area contributed by atoms with Crippen LogP contribution < -0.4 is 5.73 Å². The van der Waals surface area contributed by atoms with Gasteiger partial charge in [-0.05, 0) is 24.6 Å². The molecule has 1 rings (SSSR count). The van der Waals surface area contributed by atoms with Crippen LogP contribution in [0.15, 0.2) is 24.3 Å². The Morgan fingerprint density at radius 1 is 1.62 bits per heavy atom. The predicted octanol–water partition coefficient (Wildman–Crippen LogP) is 1.26. The van der Waals surface area contributed by atoms with Gasteiger partial charge >= 0.3 is 5.97 Å². The third kappa shape index (κ3) is 3.20. The van der Waals surface area contributed by atoms with Gasteiger partial charge in [0.05, 0.1) is 6.61 Å². The normalized spacial score (nSPS) is 14.2. The minimum Gasteiger partial charge on any atom is -0.465 e. The van der Waals surface area contributed by atoms with E-state index in [2.05, 4.69) is 0 Å². The van der Waals surface area contributed by atoms with Crippen LogP contribution in [0.25, 0.3) is 0 Å².